The van der Waals surface area contributed by atoms with Crippen molar-refractivity contribution in [3.63, 3.8) is 0 Å². The van der Waals surface area contributed by atoms with Crippen molar-refractivity contribution in [2.45, 2.75) is 6.43 Å². The van der Waals surface area contributed by atoms with Gasteiger partial charge in [0.2, 0.25) is 5.82 Å². The van der Waals surface area contributed by atoms with Gasteiger partial charge in [-0.3, -0.25) is 10.1 Å². The Bertz CT molecular complexity index is 1040. The lowest BCUT2D eigenvalue weighted by atomic mass is 10.1. The summed E-state index contributed by atoms with van der Waals surface area (Å²) in [7, 11) is 0. The van der Waals surface area contributed by atoms with Crippen molar-refractivity contribution in [1.29, 1.82) is 0 Å². The van der Waals surface area contributed by atoms with E-state index in [1.807, 2.05) is 24.3 Å². The second-order valence-corrected chi connectivity index (χ2v) is 6.31. The molecule has 9 heteroatoms. The number of halogens is 2. The number of hydrogen-bond donors (Lipinski definition) is 1. The highest BCUT2D eigenvalue weighted by Gasteiger charge is 2.17. The van der Waals surface area contributed by atoms with Crippen molar-refractivity contribution < 1.29 is 18.1 Å². The number of fused-ring (bicyclic) bond motifs is 1. The molecule has 0 radical (unpaired) electrons. The maximum atomic E-state index is 12.5. The average molecular weight is 372 g/mol. The Morgan fingerprint density at radius 1 is 1.08 bits per heavy atom. The Kier molecular flexibility index (Phi) is 4.13. The first-order valence-corrected chi connectivity index (χ1v) is 8.31. The number of nitrogens with zero attached hydrogens (tertiary/aromatic N) is 3. The van der Waals surface area contributed by atoms with Crippen molar-refractivity contribution in [3.8, 4) is 11.4 Å². The fourth-order valence-electron chi connectivity index (χ4n) is 2.31. The van der Waals surface area contributed by atoms with E-state index in [4.69, 9.17) is 0 Å². The third-order valence-electron chi connectivity index (χ3n) is 3.55. The summed E-state index contributed by atoms with van der Waals surface area (Å²) in [6.07, 6.45) is -2.82. The normalized spacial score (nSPS) is 11.2. The Morgan fingerprint density at radius 3 is 2.54 bits per heavy atom. The maximum absolute atomic E-state index is 12.5. The van der Waals surface area contributed by atoms with E-state index in [0.717, 1.165) is 10.2 Å². The zero-order valence-electron chi connectivity index (χ0n) is 13.0. The lowest BCUT2D eigenvalue weighted by Crippen LogP contribution is -2.11. The summed E-state index contributed by atoms with van der Waals surface area (Å²) in [5.41, 5.74) is 1.68. The van der Waals surface area contributed by atoms with Crippen LogP contribution in [-0.4, -0.2) is 21.0 Å². The van der Waals surface area contributed by atoms with E-state index >= 15 is 0 Å². The number of hydrogen-bond acceptors (Lipinski definition) is 6. The zero-order valence-corrected chi connectivity index (χ0v) is 13.8. The van der Waals surface area contributed by atoms with Gasteiger partial charge in [-0.05, 0) is 24.3 Å². The van der Waals surface area contributed by atoms with Crippen LogP contribution in [0.15, 0.2) is 53.1 Å². The fourth-order valence-corrected chi connectivity index (χ4v) is 3.17. The summed E-state index contributed by atoms with van der Waals surface area (Å²) in [6, 6.07) is 13.8. The molecule has 1 amide bonds. The van der Waals surface area contributed by atoms with E-state index in [1.54, 1.807) is 24.3 Å². The number of alkyl halides is 2. The third-order valence-corrected chi connectivity index (χ3v) is 4.50. The van der Waals surface area contributed by atoms with E-state index in [9.17, 15) is 13.6 Å². The van der Waals surface area contributed by atoms with Crippen LogP contribution in [0, 0.1) is 0 Å². The van der Waals surface area contributed by atoms with Crippen LogP contribution in [0.1, 0.15) is 22.7 Å². The van der Waals surface area contributed by atoms with Crippen LogP contribution in [0.25, 0.3) is 21.6 Å². The fraction of sp³-hybridized carbons (Fsp3) is 0.0588. The van der Waals surface area contributed by atoms with Gasteiger partial charge in [0.25, 0.3) is 11.8 Å². The first-order valence-electron chi connectivity index (χ1n) is 7.49. The Morgan fingerprint density at radius 2 is 1.85 bits per heavy atom. The molecule has 0 aliphatic carbocycles. The second-order valence-electron chi connectivity index (χ2n) is 5.28. The highest BCUT2D eigenvalue weighted by Crippen LogP contribution is 2.26. The van der Waals surface area contributed by atoms with Crippen molar-refractivity contribution in [2.75, 3.05) is 5.32 Å². The van der Waals surface area contributed by atoms with E-state index in [-0.39, 0.29) is 11.7 Å². The molecule has 0 aliphatic heterocycles. The first-order chi connectivity index (χ1) is 12.6. The van der Waals surface area contributed by atoms with Crippen LogP contribution < -0.4 is 5.32 Å². The van der Waals surface area contributed by atoms with Crippen LogP contribution in [0.5, 0.6) is 0 Å². The predicted molar refractivity (Wildman–Crippen MR) is 92.3 cm³/mol. The summed E-state index contributed by atoms with van der Waals surface area (Å²) in [5.74, 6) is -1.02. The van der Waals surface area contributed by atoms with Gasteiger partial charge in [0.15, 0.2) is 5.13 Å². The number of nitrogens with one attached hydrogen (secondary N) is 1. The lowest BCUT2D eigenvalue weighted by molar-refractivity contribution is 0.102. The molecule has 0 fully saturated rings. The molecule has 26 heavy (non-hydrogen) atoms. The molecule has 4 rings (SSSR count). The maximum Gasteiger partial charge on any atom is 0.315 e. The van der Waals surface area contributed by atoms with E-state index in [0.29, 0.717) is 16.3 Å². The molecule has 6 nitrogen and oxygen atoms in total. The van der Waals surface area contributed by atoms with Gasteiger partial charge in [-0.1, -0.05) is 40.8 Å². The predicted octanol–water partition coefficient (Wildman–Crippen LogP) is 4.54. The van der Waals surface area contributed by atoms with Crippen LogP contribution >= 0.6 is 11.3 Å². The molecule has 1 N–H and O–H groups in total. The number of rotatable bonds is 4. The smallest absolute Gasteiger partial charge is 0.315 e. The largest absolute Gasteiger partial charge is 0.333 e. The molecular formula is C17H10F2N4O2S. The van der Waals surface area contributed by atoms with Gasteiger partial charge in [-0.2, -0.15) is 13.8 Å². The molecule has 4 aromatic rings. The standard InChI is InChI=1S/C17H10F2N4O2S/c18-13(19)16-21-14(23-25-16)9-5-7-10(8-6-9)15(24)22-17-20-11-3-1-2-4-12(11)26-17/h1-8,13H,(H,20,22,24). The number of amides is 1. The summed E-state index contributed by atoms with van der Waals surface area (Å²) in [5, 5.41) is 6.74. The number of thiazole rings is 1. The van der Waals surface area contributed by atoms with Gasteiger partial charge < -0.3 is 4.52 Å². The van der Waals surface area contributed by atoms with Gasteiger partial charge in [-0.15, -0.1) is 0 Å². The summed E-state index contributed by atoms with van der Waals surface area (Å²) < 4.78 is 30.4. The topological polar surface area (TPSA) is 80.9 Å². The van der Waals surface area contributed by atoms with E-state index in [2.05, 4.69) is 25.0 Å². The van der Waals surface area contributed by atoms with Gasteiger partial charge >= 0.3 is 6.43 Å². The highest BCUT2D eigenvalue weighted by atomic mass is 32.1. The van der Waals surface area contributed by atoms with Gasteiger partial charge in [-0.25, -0.2) is 4.98 Å². The van der Waals surface area contributed by atoms with Crippen LogP contribution in [0.4, 0.5) is 13.9 Å². The Hall–Kier alpha value is -3.20. The molecule has 0 aliphatic rings. The van der Waals surface area contributed by atoms with Crippen LogP contribution in [0.3, 0.4) is 0 Å². The molecule has 0 bridgehead atoms. The van der Waals surface area contributed by atoms with E-state index in [1.165, 1.54) is 11.3 Å². The van der Waals surface area contributed by atoms with Gasteiger partial charge in [0, 0.05) is 11.1 Å². The molecule has 0 saturated heterocycles. The number of para-hydroxylation sites is 1. The monoisotopic (exact) mass is 372 g/mol. The van der Waals surface area contributed by atoms with E-state index < -0.39 is 12.3 Å². The molecular weight excluding hydrogens is 362 g/mol. The number of carbonyl (C=O) groups is 1. The zero-order chi connectivity index (χ0) is 18.1. The number of benzene rings is 2. The summed E-state index contributed by atoms with van der Waals surface area (Å²) in [6.45, 7) is 0. The first kappa shape index (κ1) is 16.3. The number of anilines is 1. The Labute approximate surface area is 149 Å². The number of aromatic nitrogens is 3. The molecule has 0 atom stereocenters. The molecule has 130 valence electrons. The molecule has 0 saturated carbocycles. The SMILES string of the molecule is O=C(Nc1nc2ccccc2s1)c1ccc(-c2noc(C(F)F)n2)cc1. The van der Waals surface area contributed by atoms with Crippen molar-refractivity contribution >= 4 is 32.6 Å². The van der Waals surface area contributed by atoms with Gasteiger partial charge in [0.05, 0.1) is 10.2 Å². The minimum atomic E-state index is -2.82. The molecule has 2 aromatic heterocycles. The molecule has 0 spiro atoms. The van der Waals surface area contributed by atoms with Crippen molar-refractivity contribution in [1.82, 2.24) is 15.1 Å². The summed E-state index contributed by atoms with van der Waals surface area (Å²) in [4.78, 5) is 20.3. The van der Waals surface area contributed by atoms with Crippen LogP contribution in [-0.2, 0) is 0 Å². The minimum Gasteiger partial charge on any atom is -0.333 e. The van der Waals surface area contributed by atoms with Crippen molar-refractivity contribution in [2.24, 2.45) is 0 Å². The van der Waals surface area contributed by atoms with Crippen LogP contribution in [0.2, 0.25) is 0 Å². The van der Waals surface area contributed by atoms with Gasteiger partial charge in [0.1, 0.15) is 0 Å². The quantitative estimate of drug-likeness (QED) is 0.569. The average Bonchev–Trinajstić information content (AvgIpc) is 3.28. The lowest BCUT2D eigenvalue weighted by Gasteiger charge is -2.02. The van der Waals surface area contributed by atoms with Crippen molar-refractivity contribution in [3.05, 3.63) is 60.0 Å². The molecule has 0 unspecified atom stereocenters. The minimum absolute atomic E-state index is 0.0402. The molecule has 2 heterocycles. The third kappa shape index (κ3) is 3.16. The highest BCUT2D eigenvalue weighted by molar-refractivity contribution is 7.22. The summed E-state index contributed by atoms with van der Waals surface area (Å²) >= 11 is 1.38. The number of carbonyl (C=O) groups excluding carboxylic acids is 1. The molecule has 2 aromatic carbocycles. The second kappa shape index (κ2) is 6.60. The Balaban J connectivity index is 1.51.